The van der Waals surface area contributed by atoms with Crippen molar-refractivity contribution in [2.75, 3.05) is 13.7 Å². The Morgan fingerprint density at radius 2 is 2.07 bits per heavy atom. The van der Waals surface area contributed by atoms with E-state index < -0.39 is 17.5 Å². The second kappa shape index (κ2) is 9.13. The van der Waals surface area contributed by atoms with E-state index >= 15 is 0 Å². The summed E-state index contributed by atoms with van der Waals surface area (Å²) in [6.45, 7) is 6.93. The molecule has 1 aromatic carbocycles. The maximum Gasteiger partial charge on any atom is 0.325 e. The van der Waals surface area contributed by atoms with Gasteiger partial charge in [0.2, 0.25) is 5.91 Å². The summed E-state index contributed by atoms with van der Waals surface area (Å²) in [5.74, 6) is 0.0654. The molecule has 0 saturated carbocycles. The third-order valence-corrected chi connectivity index (χ3v) is 4.30. The zero-order chi connectivity index (χ0) is 21.8. The fraction of sp³-hybridized carbons (Fsp3) is 0.474. The molecule has 0 atom stereocenters. The lowest BCUT2D eigenvalue weighted by Crippen LogP contribution is -2.40. The van der Waals surface area contributed by atoms with Gasteiger partial charge in [-0.1, -0.05) is 11.6 Å². The third kappa shape index (κ3) is 5.60. The van der Waals surface area contributed by atoms with Gasteiger partial charge in [0, 0.05) is 13.0 Å². The number of methoxy groups -OCH3 is 1. The van der Waals surface area contributed by atoms with Crippen LogP contribution in [-0.2, 0) is 9.59 Å². The number of hydrogen-bond donors (Lipinski definition) is 2. The van der Waals surface area contributed by atoms with Gasteiger partial charge in [0.1, 0.15) is 5.54 Å². The minimum absolute atomic E-state index is 0.0314. The summed E-state index contributed by atoms with van der Waals surface area (Å²) in [5, 5.41) is 6.79. The number of halogens is 1. The Bertz CT molecular complexity index is 838. The Balaban J connectivity index is 1.94. The zero-order valence-corrected chi connectivity index (χ0v) is 17.8. The first-order chi connectivity index (χ1) is 13.5. The van der Waals surface area contributed by atoms with E-state index in [1.54, 1.807) is 26.0 Å². The second-order valence-electron chi connectivity index (χ2n) is 7.26. The summed E-state index contributed by atoms with van der Waals surface area (Å²) in [6.07, 6.45) is 1.26. The average molecular weight is 425 g/mol. The molecule has 0 unspecified atom stereocenters. The number of carbonyl (C=O) groups excluding carboxylic acids is 3. The molecule has 0 aliphatic carbocycles. The van der Waals surface area contributed by atoms with Crippen molar-refractivity contribution in [2.24, 2.45) is 5.10 Å². The van der Waals surface area contributed by atoms with Crippen molar-refractivity contribution < 1.29 is 23.9 Å². The van der Waals surface area contributed by atoms with E-state index in [9.17, 15) is 14.4 Å². The predicted molar refractivity (Wildman–Crippen MR) is 108 cm³/mol. The number of hydrogen-bond acceptors (Lipinski definition) is 6. The van der Waals surface area contributed by atoms with Crippen LogP contribution in [0.5, 0.6) is 11.5 Å². The number of imide groups is 1. The summed E-state index contributed by atoms with van der Waals surface area (Å²) in [5.41, 5.74) is 1.99. The Kier molecular flexibility index (Phi) is 7.07. The summed E-state index contributed by atoms with van der Waals surface area (Å²) >= 11 is 6.24. The highest BCUT2D eigenvalue weighted by Gasteiger charge is 2.43. The number of nitrogens with one attached hydrogen (secondary N) is 2. The van der Waals surface area contributed by atoms with E-state index in [1.165, 1.54) is 13.3 Å². The standard InChI is InChI=1S/C19H25ClN4O5/c1-11(2)29-16-13(20)8-12(9-14(16)28-5)10-21-23-15(25)6-7-24-17(26)19(3,4)22-18(24)27/h8-11H,6-7H2,1-5H3,(H,22,27)(H,23,25)/b21-10-. The van der Waals surface area contributed by atoms with Crippen molar-refractivity contribution in [3.05, 3.63) is 22.7 Å². The number of amides is 4. The van der Waals surface area contributed by atoms with E-state index in [1.807, 2.05) is 13.8 Å². The molecule has 4 amide bonds. The van der Waals surface area contributed by atoms with E-state index in [4.69, 9.17) is 21.1 Å². The van der Waals surface area contributed by atoms with Crippen LogP contribution >= 0.6 is 11.6 Å². The van der Waals surface area contributed by atoms with Crippen LogP contribution in [0.3, 0.4) is 0 Å². The molecule has 1 aromatic rings. The Hall–Kier alpha value is -2.81. The monoisotopic (exact) mass is 424 g/mol. The average Bonchev–Trinajstić information content (AvgIpc) is 2.82. The molecular weight excluding hydrogens is 400 g/mol. The van der Waals surface area contributed by atoms with Gasteiger partial charge in [-0.2, -0.15) is 5.10 Å². The highest BCUT2D eigenvalue weighted by molar-refractivity contribution is 6.32. The molecule has 0 radical (unpaired) electrons. The Labute approximate surface area is 174 Å². The maximum absolute atomic E-state index is 12.1. The van der Waals surface area contributed by atoms with E-state index in [-0.39, 0.29) is 25.0 Å². The minimum Gasteiger partial charge on any atom is -0.493 e. The summed E-state index contributed by atoms with van der Waals surface area (Å²) in [6, 6.07) is 2.79. The van der Waals surface area contributed by atoms with Crippen molar-refractivity contribution in [2.45, 2.75) is 45.8 Å². The summed E-state index contributed by atoms with van der Waals surface area (Å²) in [4.78, 5) is 36.9. The molecule has 9 nitrogen and oxygen atoms in total. The molecule has 1 heterocycles. The fourth-order valence-electron chi connectivity index (χ4n) is 2.63. The maximum atomic E-state index is 12.1. The van der Waals surface area contributed by atoms with Crippen molar-refractivity contribution in [1.29, 1.82) is 0 Å². The summed E-state index contributed by atoms with van der Waals surface area (Å²) < 4.78 is 10.9. The van der Waals surface area contributed by atoms with Gasteiger partial charge < -0.3 is 14.8 Å². The SMILES string of the molecule is COc1cc(/C=N\NC(=O)CCN2C(=O)NC(C)(C)C2=O)cc(Cl)c1OC(C)C. The van der Waals surface area contributed by atoms with Crippen molar-refractivity contribution in [3.63, 3.8) is 0 Å². The fourth-order valence-corrected chi connectivity index (χ4v) is 2.90. The number of ether oxygens (including phenoxy) is 2. The molecule has 2 N–H and O–H groups in total. The smallest absolute Gasteiger partial charge is 0.325 e. The van der Waals surface area contributed by atoms with Crippen LogP contribution in [-0.4, -0.2) is 54.3 Å². The van der Waals surface area contributed by atoms with Gasteiger partial charge >= 0.3 is 6.03 Å². The number of carbonyl (C=O) groups is 3. The van der Waals surface area contributed by atoms with Gasteiger partial charge in [0.15, 0.2) is 11.5 Å². The van der Waals surface area contributed by atoms with Crippen LogP contribution in [0.15, 0.2) is 17.2 Å². The molecule has 158 valence electrons. The van der Waals surface area contributed by atoms with Gasteiger partial charge in [-0.05, 0) is 45.4 Å². The van der Waals surface area contributed by atoms with Crippen LogP contribution in [0.2, 0.25) is 5.02 Å². The van der Waals surface area contributed by atoms with Crippen LogP contribution in [0, 0.1) is 0 Å². The molecule has 1 aliphatic rings. The van der Waals surface area contributed by atoms with Crippen LogP contribution in [0.25, 0.3) is 0 Å². The molecule has 2 rings (SSSR count). The van der Waals surface area contributed by atoms with Gasteiger partial charge in [-0.15, -0.1) is 0 Å². The zero-order valence-electron chi connectivity index (χ0n) is 17.0. The van der Waals surface area contributed by atoms with E-state index in [0.29, 0.717) is 22.1 Å². The first-order valence-electron chi connectivity index (χ1n) is 9.05. The highest BCUT2D eigenvalue weighted by Crippen LogP contribution is 2.36. The largest absolute Gasteiger partial charge is 0.493 e. The van der Waals surface area contributed by atoms with Crippen molar-refractivity contribution in [3.8, 4) is 11.5 Å². The second-order valence-corrected chi connectivity index (χ2v) is 7.66. The third-order valence-electron chi connectivity index (χ3n) is 4.02. The number of hydrazone groups is 1. The molecule has 0 aromatic heterocycles. The van der Waals surface area contributed by atoms with E-state index in [2.05, 4.69) is 15.8 Å². The number of nitrogens with zero attached hydrogens (tertiary/aromatic N) is 2. The lowest BCUT2D eigenvalue weighted by atomic mass is 10.1. The van der Waals surface area contributed by atoms with Gasteiger partial charge in [-0.3, -0.25) is 14.5 Å². The Morgan fingerprint density at radius 3 is 2.62 bits per heavy atom. The lowest BCUT2D eigenvalue weighted by molar-refractivity contribution is -0.130. The molecule has 1 aliphatic heterocycles. The van der Waals surface area contributed by atoms with Crippen LogP contribution < -0.4 is 20.2 Å². The number of rotatable bonds is 8. The van der Waals surface area contributed by atoms with Gasteiger partial charge in [0.25, 0.3) is 5.91 Å². The van der Waals surface area contributed by atoms with Gasteiger partial charge in [-0.25, -0.2) is 10.2 Å². The summed E-state index contributed by atoms with van der Waals surface area (Å²) in [7, 11) is 1.50. The molecule has 1 saturated heterocycles. The topological polar surface area (TPSA) is 109 Å². The number of urea groups is 1. The molecule has 0 bridgehead atoms. The minimum atomic E-state index is -0.963. The molecule has 0 spiro atoms. The normalized spacial score (nSPS) is 15.8. The highest BCUT2D eigenvalue weighted by atomic mass is 35.5. The predicted octanol–water partition coefficient (Wildman–Crippen LogP) is 2.31. The first kappa shape index (κ1) is 22.5. The number of benzene rings is 1. The van der Waals surface area contributed by atoms with Crippen LogP contribution in [0.4, 0.5) is 4.79 Å². The first-order valence-corrected chi connectivity index (χ1v) is 9.43. The van der Waals surface area contributed by atoms with Crippen molar-refractivity contribution >= 4 is 35.7 Å². The molecular formula is C19H25ClN4O5. The Morgan fingerprint density at radius 1 is 1.38 bits per heavy atom. The van der Waals surface area contributed by atoms with E-state index in [0.717, 1.165) is 4.90 Å². The molecule has 29 heavy (non-hydrogen) atoms. The van der Waals surface area contributed by atoms with Crippen LogP contribution in [0.1, 0.15) is 39.7 Å². The molecule has 10 heteroatoms. The quantitative estimate of drug-likeness (QED) is 0.378. The van der Waals surface area contributed by atoms with Crippen molar-refractivity contribution in [1.82, 2.24) is 15.6 Å². The molecule has 1 fully saturated rings. The van der Waals surface area contributed by atoms with Gasteiger partial charge in [0.05, 0.1) is 24.5 Å². The lowest BCUT2D eigenvalue weighted by Gasteiger charge is -2.15.